The molecule has 0 spiro atoms. The molecule has 2 N–H and O–H groups in total. The highest BCUT2D eigenvalue weighted by molar-refractivity contribution is 5.95. The van der Waals surface area contributed by atoms with Gasteiger partial charge in [0.2, 0.25) is 0 Å². The van der Waals surface area contributed by atoms with Gasteiger partial charge in [0.05, 0.1) is 17.6 Å². The predicted molar refractivity (Wildman–Crippen MR) is 173 cm³/mol. The van der Waals surface area contributed by atoms with Gasteiger partial charge in [-0.2, -0.15) is 5.10 Å². The van der Waals surface area contributed by atoms with E-state index in [2.05, 4.69) is 31.7 Å². The molecule has 1 aliphatic rings. The Morgan fingerprint density at radius 1 is 0.837 bits per heavy atom. The number of nitrogens with zero attached hydrogens (tertiary/aromatic N) is 4. The van der Waals surface area contributed by atoms with Gasteiger partial charge < -0.3 is 15.5 Å². The fraction of sp³-hybridized carbons (Fsp3) is 0.257. The average molecular weight is 573 g/mol. The molecule has 43 heavy (non-hydrogen) atoms. The van der Waals surface area contributed by atoms with Crippen molar-refractivity contribution in [2.24, 2.45) is 0 Å². The SMILES string of the molecule is CCn1nc(-c2cccc(-c3ccc(C(=O)NCCN4CCCCC4)cc3)c2)cc(Nc2cncc3ccccc23)c1=O. The van der Waals surface area contributed by atoms with E-state index in [1.54, 1.807) is 12.3 Å². The van der Waals surface area contributed by atoms with Crippen LogP contribution >= 0.6 is 0 Å². The van der Waals surface area contributed by atoms with Gasteiger partial charge in [-0.25, -0.2) is 4.68 Å². The topological polar surface area (TPSA) is 92.2 Å². The van der Waals surface area contributed by atoms with Crippen molar-refractivity contribution < 1.29 is 4.79 Å². The van der Waals surface area contributed by atoms with Gasteiger partial charge in [0.25, 0.3) is 11.5 Å². The van der Waals surface area contributed by atoms with Crippen molar-refractivity contribution in [3.8, 4) is 22.4 Å². The quantitative estimate of drug-likeness (QED) is 0.222. The summed E-state index contributed by atoms with van der Waals surface area (Å²) in [5.41, 5.74) is 5.22. The first-order valence-electron chi connectivity index (χ1n) is 15.0. The zero-order valence-electron chi connectivity index (χ0n) is 24.4. The summed E-state index contributed by atoms with van der Waals surface area (Å²) in [6.45, 7) is 6.14. The first-order chi connectivity index (χ1) is 21.1. The molecular formula is C35H36N6O2. The number of aryl methyl sites for hydroxylation is 1. The van der Waals surface area contributed by atoms with Crippen molar-refractivity contribution in [1.29, 1.82) is 0 Å². The molecule has 1 saturated heterocycles. The summed E-state index contributed by atoms with van der Waals surface area (Å²) in [6, 6.07) is 25.5. The fourth-order valence-electron chi connectivity index (χ4n) is 5.63. The fourth-order valence-corrected chi connectivity index (χ4v) is 5.63. The number of pyridine rings is 1. The number of nitrogens with one attached hydrogen (secondary N) is 2. The molecule has 0 aliphatic carbocycles. The van der Waals surface area contributed by atoms with Crippen molar-refractivity contribution in [3.05, 3.63) is 107 Å². The lowest BCUT2D eigenvalue weighted by atomic mass is 10.00. The Hall–Kier alpha value is -4.82. The smallest absolute Gasteiger partial charge is 0.290 e. The number of hydrogen-bond acceptors (Lipinski definition) is 6. The molecule has 8 nitrogen and oxygen atoms in total. The van der Waals surface area contributed by atoms with Gasteiger partial charge in [-0.15, -0.1) is 0 Å². The molecule has 0 bridgehead atoms. The number of rotatable bonds is 9. The molecular weight excluding hydrogens is 536 g/mol. The van der Waals surface area contributed by atoms with Crippen LogP contribution in [0.25, 0.3) is 33.2 Å². The van der Waals surface area contributed by atoms with E-state index in [1.807, 2.05) is 79.9 Å². The van der Waals surface area contributed by atoms with Gasteiger partial charge in [0.1, 0.15) is 5.69 Å². The van der Waals surface area contributed by atoms with Gasteiger partial charge >= 0.3 is 0 Å². The maximum absolute atomic E-state index is 13.2. The van der Waals surface area contributed by atoms with Crippen LogP contribution in [0, 0.1) is 0 Å². The Bertz CT molecular complexity index is 1790. The van der Waals surface area contributed by atoms with Crippen LogP contribution in [0.15, 0.2) is 96.1 Å². The summed E-state index contributed by atoms with van der Waals surface area (Å²) in [5, 5.41) is 13.0. The number of amides is 1. The summed E-state index contributed by atoms with van der Waals surface area (Å²) in [5.74, 6) is -0.0512. The van der Waals surface area contributed by atoms with E-state index in [1.165, 1.54) is 23.9 Å². The average Bonchev–Trinajstić information content (AvgIpc) is 3.06. The number of fused-ring (bicyclic) bond motifs is 1. The first-order valence-corrected chi connectivity index (χ1v) is 15.0. The number of likely N-dealkylation sites (tertiary alicyclic amines) is 1. The van der Waals surface area contributed by atoms with Gasteiger partial charge in [-0.3, -0.25) is 14.6 Å². The summed E-state index contributed by atoms with van der Waals surface area (Å²) >= 11 is 0. The zero-order valence-corrected chi connectivity index (χ0v) is 24.4. The maximum Gasteiger partial charge on any atom is 0.290 e. The van der Waals surface area contributed by atoms with E-state index >= 15 is 0 Å². The number of carbonyl (C=O) groups excluding carboxylic acids is 1. The Balaban J connectivity index is 1.21. The molecule has 3 aromatic carbocycles. The Labute approximate surface area is 251 Å². The molecule has 8 heteroatoms. The molecule has 2 aromatic heterocycles. The largest absolute Gasteiger partial charge is 0.351 e. The van der Waals surface area contributed by atoms with Crippen LogP contribution in [0.1, 0.15) is 36.5 Å². The third-order valence-corrected chi connectivity index (χ3v) is 8.01. The molecule has 5 aromatic rings. The van der Waals surface area contributed by atoms with Gasteiger partial charge in [-0.1, -0.05) is 61.0 Å². The van der Waals surface area contributed by atoms with Crippen LogP contribution < -0.4 is 16.2 Å². The molecule has 1 aliphatic heterocycles. The highest BCUT2D eigenvalue weighted by Crippen LogP contribution is 2.28. The monoisotopic (exact) mass is 572 g/mol. The summed E-state index contributed by atoms with van der Waals surface area (Å²) in [7, 11) is 0. The molecule has 6 rings (SSSR count). The van der Waals surface area contributed by atoms with Crippen LogP contribution in [0.5, 0.6) is 0 Å². The van der Waals surface area contributed by atoms with Crippen molar-refractivity contribution in [2.45, 2.75) is 32.7 Å². The van der Waals surface area contributed by atoms with Gasteiger partial charge in [-0.05, 0) is 68.2 Å². The minimum Gasteiger partial charge on any atom is -0.351 e. The second-order valence-corrected chi connectivity index (χ2v) is 10.9. The van der Waals surface area contributed by atoms with Crippen LogP contribution in [-0.4, -0.2) is 51.8 Å². The minimum atomic E-state index is -0.194. The summed E-state index contributed by atoms with van der Waals surface area (Å²) < 4.78 is 1.47. The highest BCUT2D eigenvalue weighted by atomic mass is 16.1. The number of hydrogen-bond donors (Lipinski definition) is 2. The van der Waals surface area contributed by atoms with E-state index < -0.39 is 0 Å². The van der Waals surface area contributed by atoms with Crippen LogP contribution in [0.4, 0.5) is 11.4 Å². The van der Waals surface area contributed by atoms with E-state index in [0.717, 1.165) is 52.8 Å². The second kappa shape index (κ2) is 13.0. The number of anilines is 2. The first kappa shape index (κ1) is 28.3. The molecule has 0 radical (unpaired) electrons. The van der Waals surface area contributed by atoms with E-state index in [0.29, 0.717) is 30.0 Å². The normalized spacial score (nSPS) is 13.6. The third kappa shape index (κ3) is 6.49. The minimum absolute atomic E-state index is 0.0512. The molecule has 3 heterocycles. The lowest BCUT2D eigenvalue weighted by Crippen LogP contribution is -2.37. The number of aromatic nitrogens is 3. The lowest BCUT2D eigenvalue weighted by Gasteiger charge is -2.26. The van der Waals surface area contributed by atoms with Crippen LogP contribution in [0.3, 0.4) is 0 Å². The third-order valence-electron chi connectivity index (χ3n) is 8.01. The van der Waals surface area contributed by atoms with E-state index in [9.17, 15) is 9.59 Å². The zero-order chi connectivity index (χ0) is 29.6. The molecule has 0 unspecified atom stereocenters. The highest BCUT2D eigenvalue weighted by Gasteiger charge is 2.14. The summed E-state index contributed by atoms with van der Waals surface area (Å²) in [4.78, 5) is 32.7. The summed E-state index contributed by atoms with van der Waals surface area (Å²) in [6.07, 6.45) is 7.34. The molecule has 1 fully saturated rings. The lowest BCUT2D eigenvalue weighted by molar-refractivity contribution is 0.0946. The van der Waals surface area contributed by atoms with Crippen LogP contribution in [0.2, 0.25) is 0 Å². The van der Waals surface area contributed by atoms with Crippen LogP contribution in [-0.2, 0) is 6.54 Å². The van der Waals surface area contributed by atoms with Crippen molar-refractivity contribution >= 4 is 28.1 Å². The van der Waals surface area contributed by atoms with Crippen molar-refractivity contribution in [2.75, 3.05) is 31.5 Å². The molecule has 0 atom stereocenters. The van der Waals surface area contributed by atoms with Gasteiger partial charge in [0, 0.05) is 47.7 Å². The maximum atomic E-state index is 13.2. The Morgan fingerprint density at radius 3 is 2.44 bits per heavy atom. The molecule has 218 valence electrons. The second-order valence-electron chi connectivity index (χ2n) is 10.9. The number of piperidine rings is 1. The van der Waals surface area contributed by atoms with Crippen molar-refractivity contribution in [3.63, 3.8) is 0 Å². The Kier molecular flexibility index (Phi) is 8.56. The standard InChI is InChI=1S/C35H36N6O2/c1-2-41-35(43)32(38-33-24-36-23-29-9-4-5-12-30(29)33)22-31(39-41)28-11-8-10-27(21-28)25-13-15-26(16-14-25)34(42)37-17-20-40-18-6-3-7-19-40/h4-5,8-16,21-24,38H,2-3,6-7,17-20H2,1H3,(H,37,42). The van der Waals surface area contributed by atoms with Gasteiger partial charge in [0.15, 0.2) is 0 Å². The van der Waals surface area contributed by atoms with E-state index in [-0.39, 0.29) is 11.5 Å². The molecule has 0 saturated carbocycles. The predicted octanol–water partition coefficient (Wildman–Crippen LogP) is 6.10. The van der Waals surface area contributed by atoms with E-state index in [4.69, 9.17) is 0 Å². The number of benzene rings is 3. The van der Waals surface area contributed by atoms with Crippen molar-refractivity contribution in [1.82, 2.24) is 25.0 Å². The molecule has 1 amide bonds. The number of carbonyl (C=O) groups is 1. The Morgan fingerprint density at radius 2 is 1.63 bits per heavy atom.